The summed E-state index contributed by atoms with van der Waals surface area (Å²) in [5, 5.41) is 0. The molecular weight excluding hydrogens is 493 g/mol. The van der Waals surface area contributed by atoms with E-state index in [0.29, 0.717) is 6.54 Å². The highest BCUT2D eigenvalue weighted by atomic mass is 127. The van der Waals surface area contributed by atoms with Crippen molar-refractivity contribution in [2.24, 2.45) is 5.73 Å². The monoisotopic (exact) mass is 500 g/mol. The quantitative estimate of drug-likeness (QED) is 0.354. The Labute approximate surface area is 112 Å². The predicted molar refractivity (Wildman–Crippen MR) is 76.9 cm³/mol. The summed E-state index contributed by atoms with van der Waals surface area (Å²) in [6.07, 6.45) is 0. The molecule has 1 rings (SSSR count). The molecule has 0 aliphatic heterocycles. The molecule has 0 aromatic heterocycles. The first-order valence-corrected chi connectivity index (χ1v) is 6.43. The van der Waals surface area contributed by atoms with E-state index in [2.05, 4.69) is 67.8 Å². The number of hydrogen-bond donors (Lipinski definition) is 2. The average Bonchev–Trinajstić information content (AvgIpc) is 2.08. The summed E-state index contributed by atoms with van der Waals surface area (Å²) in [6, 6.07) is 2.04. The minimum atomic E-state index is 0.509. The van der Waals surface area contributed by atoms with Crippen LogP contribution in [0.1, 0.15) is 5.56 Å². The molecule has 1 aromatic carbocycles. The number of benzene rings is 1. The van der Waals surface area contributed by atoms with E-state index in [-0.39, 0.29) is 0 Å². The normalized spacial score (nSPS) is 10.3. The molecule has 0 atom stereocenters. The molecule has 0 saturated carbocycles. The topological polar surface area (TPSA) is 52.0 Å². The van der Waals surface area contributed by atoms with E-state index in [9.17, 15) is 0 Å². The van der Waals surface area contributed by atoms with Crippen LogP contribution in [0.2, 0.25) is 0 Å². The molecular formula is C7H7I3N2. The zero-order chi connectivity index (χ0) is 9.30. The molecule has 0 fully saturated rings. The van der Waals surface area contributed by atoms with Crippen molar-refractivity contribution in [3.05, 3.63) is 22.3 Å². The van der Waals surface area contributed by atoms with E-state index in [1.165, 1.54) is 7.14 Å². The van der Waals surface area contributed by atoms with Gasteiger partial charge in [-0.15, -0.1) is 0 Å². The van der Waals surface area contributed by atoms with Crippen molar-refractivity contribution in [2.45, 2.75) is 6.54 Å². The average molecular weight is 500 g/mol. The number of hydrogen-bond acceptors (Lipinski definition) is 2. The van der Waals surface area contributed by atoms with Gasteiger partial charge in [0.05, 0.1) is 9.26 Å². The van der Waals surface area contributed by atoms with Crippen molar-refractivity contribution in [2.75, 3.05) is 5.73 Å². The Kier molecular flexibility index (Phi) is 4.31. The smallest absolute Gasteiger partial charge is 0.0507 e. The second-order valence-corrected chi connectivity index (χ2v) is 5.58. The van der Waals surface area contributed by atoms with Crippen LogP contribution in [0.4, 0.5) is 5.69 Å². The highest BCUT2D eigenvalue weighted by Crippen LogP contribution is 2.29. The van der Waals surface area contributed by atoms with Crippen molar-refractivity contribution in [3.63, 3.8) is 0 Å². The molecule has 0 saturated heterocycles. The second-order valence-electron chi connectivity index (χ2n) is 2.26. The van der Waals surface area contributed by atoms with Gasteiger partial charge in [-0.2, -0.15) is 0 Å². The Morgan fingerprint density at radius 3 is 2.25 bits per heavy atom. The molecule has 0 heterocycles. The van der Waals surface area contributed by atoms with Gasteiger partial charge in [-0.05, 0) is 79.4 Å². The van der Waals surface area contributed by atoms with Crippen LogP contribution >= 0.6 is 67.8 Å². The fraction of sp³-hybridized carbons (Fsp3) is 0.143. The largest absolute Gasteiger partial charge is 0.398 e. The first kappa shape index (κ1) is 11.2. The van der Waals surface area contributed by atoms with Gasteiger partial charge in [0, 0.05) is 13.7 Å². The van der Waals surface area contributed by atoms with Gasteiger partial charge in [0.1, 0.15) is 0 Å². The molecule has 0 bridgehead atoms. The Hall–Kier alpha value is 1.17. The molecule has 4 N–H and O–H groups in total. The van der Waals surface area contributed by atoms with Gasteiger partial charge in [0.15, 0.2) is 0 Å². The van der Waals surface area contributed by atoms with Crippen LogP contribution in [0.3, 0.4) is 0 Å². The summed E-state index contributed by atoms with van der Waals surface area (Å²) < 4.78 is 3.54. The van der Waals surface area contributed by atoms with E-state index >= 15 is 0 Å². The van der Waals surface area contributed by atoms with Crippen LogP contribution < -0.4 is 11.5 Å². The lowest BCUT2D eigenvalue weighted by atomic mass is 10.2. The van der Waals surface area contributed by atoms with Crippen LogP contribution in [0, 0.1) is 10.7 Å². The molecule has 0 aliphatic carbocycles. The maximum atomic E-state index is 5.87. The van der Waals surface area contributed by atoms with Gasteiger partial charge < -0.3 is 11.5 Å². The van der Waals surface area contributed by atoms with Crippen LogP contribution in [-0.2, 0) is 6.54 Å². The van der Waals surface area contributed by atoms with E-state index < -0.39 is 0 Å². The summed E-state index contributed by atoms with van der Waals surface area (Å²) in [4.78, 5) is 0. The summed E-state index contributed by atoms with van der Waals surface area (Å²) in [6.45, 7) is 0.509. The number of nitrogens with two attached hydrogens (primary N) is 2. The molecule has 66 valence electrons. The first-order valence-electron chi connectivity index (χ1n) is 3.19. The van der Waals surface area contributed by atoms with E-state index in [0.717, 1.165) is 14.8 Å². The third-order valence-corrected chi connectivity index (χ3v) is 6.66. The number of anilines is 1. The highest BCUT2D eigenvalue weighted by Gasteiger charge is 2.09. The zero-order valence-electron chi connectivity index (χ0n) is 6.07. The Bertz CT molecular complexity index is 312. The van der Waals surface area contributed by atoms with Crippen molar-refractivity contribution >= 4 is 73.5 Å². The number of halogens is 3. The third-order valence-electron chi connectivity index (χ3n) is 1.51. The molecule has 2 nitrogen and oxygen atoms in total. The van der Waals surface area contributed by atoms with Crippen molar-refractivity contribution < 1.29 is 0 Å². The van der Waals surface area contributed by atoms with Crippen molar-refractivity contribution in [1.82, 2.24) is 0 Å². The van der Waals surface area contributed by atoms with Crippen molar-refractivity contribution in [1.29, 1.82) is 0 Å². The van der Waals surface area contributed by atoms with Gasteiger partial charge >= 0.3 is 0 Å². The Balaban J connectivity index is 3.39. The van der Waals surface area contributed by atoms with E-state index in [1.54, 1.807) is 0 Å². The molecule has 0 amide bonds. The van der Waals surface area contributed by atoms with E-state index in [4.69, 9.17) is 11.5 Å². The fourth-order valence-corrected chi connectivity index (χ4v) is 3.07. The molecule has 5 heteroatoms. The maximum absolute atomic E-state index is 5.87. The van der Waals surface area contributed by atoms with E-state index in [1.807, 2.05) is 6.07 Å². The second kappa shape index (κ2) is 4.60. The fourth-order valence-electron chi connectivity index (χ4n) is 0.827. The lowest BCUT2D eigenvalue weighted by Crippen LogP contribution is -2.05. The van der Waals surface area contributed by atoms with Crippen LogP contribution in [-0.4, -0.2) is 0 Å². The third kappa shape index (κ3) is 2.15. The Morgan fingerprint density at radius 1 is 1.17 bits per heavy atom. The lowest BCUT2D eigenvalue weighted by molar-refractivity contribution is 1.07. The zero-order valence-corrected chi connectivity index (χ0v) is 12.5. The van der Waals surface area contributed by atoms with Gasteiger partial charge in [-0.25, -0.2) is 0 Å². The minimum Gasteiger partial charge on any atom is -0.398 e. The SMILES string of the molecule is NCc1cc(I)c(I)c(I)c1N. The first-order chi connectivity index (χ1) is 5.57. The number of nitrogen functional groups attached to an aromatic ring is 1. The molecule has 12 heavy (non-hydrogen) atoms. The van der Waals surface area contributed by atoms with Gasteiger partial charge in [0.25, 0.3) is 0 Å². The molecule has 0 spiro atoms. The summed E-state index contributed by atoms with van der Waals surface area (Å²) in [7, 11) is 0. The van der Waals surface area contributed by atoms with Crippen LogP contribution in [0.5, 0.6) is 0 Å². The molecule has 0 radical (unpaired) electrons. The lowest BCUT2D eigenvalue weighted by Gasteiger charge is -2.08. The van der Waals surface area contributed by atoms with Gasteiger partial charge in [-0.3, -0.25) is 0 Å². The summed E-state index contributed by atoms with van der Waals surface area (Å²) in [5.41, 5.74) is 13.3. The van der Waals surface area contributed by atoms with Gasteiger partial charge in [-0.1, -0.05) is 0 Å². The predicted octanol–water partition coefficient (Wildman–Crippen LogP) is 2.54. The van der Waals surface area contributed by atoms with Crippen LogP contribution in [0.15, 0.2) is 6.07 Å². The maximum Gasteiger partial charge on any atom is 0.0507 e. The molecule has 0 unspecified atom stereocenters. The van der Waals surface area contributed by atoms with Crippen molar-refractivity contribution in [3.8, 4) is 0 Å². The minimum absolute atomic E-state index is 0.509. The Morgan fingerprint density at radius 2 is 1.75 bits per heavy atom. The summed E-state index contributed by atoms with van der Waals surface area (Å²) >= 11 is 6.83. The van der Waals surface area contributed by atoms with Gasteiger partial charge in [0.2, 0.25) is 0 Å². The van der Waals surface area contributed by atoms with Crippen LogP contribution in [0.25, 0.3) is 0 Å². The standard InChI is InChI=1S/C7H7I3N2/c8-4-1-3(2-11)7(12)6(10)5(4)9/h1H,2,11-12H2. The highest BCUT2D eigenvalue weighted by molar-refractivity contribution is 14.1. The molecule has 0 aliphatic rings. The summed E-state index contributed by atoms with van der Waals surface area (Å²) in [5.74, 6) is 0. The number of rotatable bonds is 1. The molecule has 1 aromatic rings.